The summed E-state index contributed by atoms with van der Waals surface area (Å²) < 4.78 is 49.7. The molecule has 3 aromatic carbocycles. The van der Waals surface area contributed by atoms with Crippen molar-refractivity contribution in [3.05, 3.63) is 90.1 Å². The summed E-state index contributed by atoms with van der Waals surface area (Å²) in [5.41, 5.74) is 1.94. The number of aromatic nitrogens is 1. The number of rotatable bonds is 6. The van der Waals surface area contributed by atoms with Crippen LogP contribution in [-0.2, 0) is 16.4 Å². The van der Waals surface area contributed by atoms with E-state index in [9.17, 15) is 12.8 Å². The number of sulfonamides is 1. The summed E-state index contributed by atoms with van der Waals surface area (Å²) in [4.78, 5) is 4.46. The highest BCUT2D eigenvalue weighted by molar-refractivity contribution is 7.89. The lowest BCUT2D eigenvalue weighted by Crippen LogP contribution is -2.13. The summed E-state index contributed by atoms with van der Waals surface area (Å²) in [5, 5.41) is 5.41. The number of hydrogen-bond acceptors (Lipinski definition) is 5. The lowest BCUT2D eigenvalue weighted by molar-refractivity contribution is 0.386. The molecule has 4 rings (SSSR count). The van der Waals surface area contributed by atoms with Crippen LogP contribution in [0.2, 0.25) is 0 Å². The molecule has 1 aromatic heterocycles. The third-order valence-electron chi connectivity index (χ3n) is 4.73. The number of methoxy groups -OCH3 is 1. The van der Waals surface area contributed by atoms with Gasteiger partial charge < -0.3 is 9.15 Å². The highest BCUT2D eigenvalue weighted by atomic mass is 32.2. The third-order valence-corrected chi connectivity index (χ3v) is 5.70. The van der Waals surface area contributed by atoms with Crippen molar-refractivity contribution in [2.75, 3.05) is 7.11 Å². The second kappa shape index (κ2) is 8.33. The number of benzene rings is 3. The fourth-order valence-electron chi connectivity index (χ4n) is 3.30. The first-order chi connectivity index (χ1) is 14.9. The van der Waals surface area contributed by atoms with E-state index in [-0.39, 0.29) is 22.0 Å². The Morgan fingerprint density at radius 3 is 2.42 bits per heavy atom. The van der Waals surface area contributed by atoms with Crippen LogP contribution in [0.4, 0.5) is 4.39 Å². The second-order valence-electron chi connectivity index (χ2n) is 6.84. The molecule has 0 aliphatic heterocycles. The number of halogens is 1. The van der Waals surface area contributed by atoms with E-state index in [4.69, 9.17) is 14.3 Å². The van der Waals surface area contributed by atoms with Crippen molar-refractivity contribution in [2.45, 2.75) is 11.3 Å². The molecule has 0 aliphatic rings. The van der Waals surface area contributed by atoms with Crippen molar-refractivity contribution in [1.29, 1.82) is 0 Å². The first-order valence-electron chi connectivity index (χ1n) is 9.36. The molecule has 0 atom stereocenters. The molecule has 1 heterocycles. The van der Waals surface area contributed by atoms with E-state index in [0.29, 0.717) is 23.6 Å². The first-order valence-corrected chi connectivity index (χ1v) is 10.9. The monoisotopic (exact) mass is 438 g/mol. The van der Waals surface area contributed by atoms with Crippen LogP contribution >= 0.6 is 0 Å². The van der Waals surface area contributed by atoms with Crippen LogP contribution in [0, 0.1) is 5.82 Å². The standard InChI is InChI=1S/C23H19FN2O4S/c1-29-19-12-11-16(14-18(19)24)22-23(17-9-5-6-10-20(17)31(25,27)28)30-21(26-22)13-15-7-3-2-4-8-15/h2-12,14H,13H2,1H3,(H2,25,27,28). The van der Waals surface area contributed by atoms with Gasteiger partial charge in [-0.15, -0.1) is 0 Å². The molecule has 0 bridgehead atoms. The average Bonchev–Trinajstić information content (AvgIpc) is 3.17. The molecule has 6 nitrogen and oxygen atoms in total. The molecule has 0 spiro atoms. The molecule has 4 aromatic rings. The van der Waals surface area contributed by atoms with Crippen molar-refractivity contribution < 1.29 is 22.0 Å². The fraction of sp³-hybridized carbons (Fsp3) is 0.0870. The summed E-state index contributed by atoms with van der Waals surface area (Å²) in [5.74, 6) is 0.0679. The van der Waals surface area contributed by atoms with Crippen LogP contribution < -0.4 is 9.88 Å². The van der Waals surface area contributed by atoms with E-state index in [1.54, 1.807) is 24.3 Å². The van der Waals surface area contributed by atoms with Gasteiger partial charge in [0.1, 0.15) is 5.69 Å². The molecule has 8 heteroatoms. The smallest absolute Gasteiger partial charge is 0.238 e. The molecule has 0 radical (unpaired) electrons. The van der Waals surface area contributed by atoms with E-state index in [0.717, 1.165) is 5.56 Å². The van der Waals surface area contributed by atoms with Gasteiger partial charge >= 0.3 is 0 Å². The van der Waals surface area contributed by atoms with Crippen molar-refractivity contribution in [3.63, 3.8) is 0 Å². The molecule has 0 saturated heterocycles. The van der Waals surface area contributed by atoms with Crippen molar-refractivity contribution in [3.8, 4) is 28.3 Å². The highest BCUT2D eigenvalue weighted by Crippen LogP contribution is 2.37. The predicted octanol–water partition coefficient (Wildman–Crippen LogP) is 4.39. The minimum atomic E-state index is -4.03. The minimum Gasteiger partial charge on any atom is -0.494 e. The molecular weight excluding hydrogens is 419 g/mol. The van der Waals surface area contributed by atoms with Crippen LogP contribution in [0.15, 0.2) is 82.1 Å². The Hall–Kier alpha value is -3.49. The molecule has 0 fully saturated rings. The Bertz CT molecular complexity index is 1330. The van der Waals surface area contributed by atoms with Crippen molar-refractivity contribution >= 4 is 10.0 Å². The highest BCUT2D eigenvalue weighted by Gasteiger charge is 2.24. The zero-order valence-electron chi connectivity index (χ0n) is 16.6. The quantitative estimate of drug-likeness (QED) is 0.482. The summed E-state index contributed by atoms with van der Waals surface area (Å²) in [7, 11) is -2.66. The second-order valence-corrected chi connectivity index (χ2v) is 8.37. The molecule has 0 unspecified atom stereocenters. The van der Waals surface area contributed by atoms with Gasteiger partial charge in [0.15, 0.2) is 23.2 Å². The van der Waals surface area contributed by atoms with Crippen LogP contribution in [0.25, 0.3) is 22.6 Å². The van der Waals surface area contributed by atoms with Gasteiger partial charge in [0, 0.05) is 17.5 Å². The largest absolute Gasteiger partial charge is 0.494 e. The van der Waals surface area contributed by atoms with Gasteiger partial charge in [-0.1, -0.05) is 42.5 Å². The SMILES string of the molecule is COc1ccc(-c2nc(Cc3ccccc3)oc2-c2ccccc2S(N)(=O)=O)cc1F. The lowest BCUT2D eigenvalue weighted by Gasteiger charge is -2.08. The molecule has 158 valence electrons. The molecule has 0 amide bonds. The maximum absolute atomic E-state index is 14.4. The Balaban J connectivity index is 1.91. The molecule has 0 aliphatic carbocycles. The zero-order valence-corrected chi connectivity index (χ0v) is 17.4. The Morgan fingerprint density at radius 1 is 1.03 bits per heavy atom. The molecule has 0 saturated carbocycles. The van der Waals surface area contributed by atoms with Crippen molar-refractivity contribution in [1.82, 2.24) is 4.98 Å². The minimum absolute atomic E-state index is 0.0863. The van der Waals surface area contributed by atoms with Gasteiger partial charge in [-0.3, -0.25) is 0 Å². The van der Waals surface area contributed by atoms with E-state index in [2.05, 4.69) is 4.98 Å². The maximum atomic E-state index is 14.4. The van der Waals surface area contributed by atoms with Crippen molar-refractivity contribution in [2.24, 2.45) is 5.14 Å². The van der Waals surface area contributed by atoms with Gasteiger partial charge in [0.25, 0.3) is 0 Å². The Labute approximate surface area is 179 Å². The number of oxazole rings is 1. The van der Waals surface area contributed by atoms with E-state index >= 15 is 0 Å². The fourth-order valence-corrected chi connectivity index (χ4v) is 4.04. The predicted molar refractivity (Wildman–Crippen MR) is 115 cm³/mol. The average molecular weight is 438 g/mol. The number of nitrogens with two attached hydrogens (primary N) is 1. The van der Waals surface area contributed by atoms with E-state index in [1.807, 2.05) is 30.3 Å². The van der Waals surface area contributed by atoms with Crippen LogP contribution in [-0.4, -0.2) is 20.5 Å². The number of primary sulfonamides is 1. The molecule has 2 N–H and O–H groups in total. The lowest BCUT2D eigenvalue weighted by atomic mass is 10.1. The van der Waals surface area contributed by atoms with Gasteiger partial charge in [0.2, 0.25) is 10.0 Å². The summed E-state index contributed by atoms with van der Waals surface area (Å²) >= 11 is 0. The zero-order chi connectivity index (χ0) is 22.0. The van der Waals surface area contributed by atoms with Gasteiger partial charge in [0.05, 0.1) is 12.0 Å². The summed E-state index contributed by atoms with van der Waals surface area (Å²) in [6.07, 6.45) is 0.379. The number of ether oxygens (including phenoxy) is 1. The first kappa shape index (κ1) is 20.8. The molecular formula is C23H19FN2O4S. The van der Waals surface area contributed by atoms with Crippen LogP contribution in [0.5, 0.6) is 5.75 Å². The number of hydrogen-bond donors (Lipinski definition) is 1. The summed E-state index contributed by atoms with van der Waals surface area (Å²) in [6.45, 7) is 0. The Morgan fingerprint density at radius 2 is 1.74 bits per heavy atom. The van der Waals surface area contributed by atoms with Gasteiger partial charge in [-0.2, -0.15) is 0 Å². The van der Waals surface area contributed by atoms with Crippen LogP contribution in [0.1, 0.15) is 11.5 Å². The van der Waals surface area contributed by atoms with Crippen LogP contribution in [0.3, 0.4) is 0 Å². The van der Waals surface area contributed by atoms with E-state index < -0.39 is 15.8 Å². The van der Waals surface area contributed by atoms with Gasteiger partial charge in [-0.05, 0) is 35.9 Å². The Kier molecular flexibility index (Phi) is 5.58. The van der Waals surface area contributed by atoms with E-state index in [1.165, 1.54) is 25.3 Å². The normalized spacial score (nSPS) is 11.5. The summed E-state index contributed by atoms with van der Waals surface area (Å²) in [6, 6.07) is 20.1. The number of nitrogens with zero attached hydrogens (tertiary/aromatic N) is 1. The topological polar surface area (TPSA) is 95.4 Å². The van der Waals surface area contributed by atoms with Gasteiger partial charge in [-0.25, -0.2) is 22.9 Å². The molecule has 31 heavy (non-hydrogen) atoms. The maximum Gasteiger partial charge on any atom is 0.238 e. The third kappa shape index (κ3) is 4.35.